The van der Waals surface area contributed by atoms with Gasteiger partial charge in [-0.05, 0) is 56.9 Å². The number of hydrogen-bond donors (Lipinski definition) is 0. The number of hydrogen-bond acceptors (Lipinski definition) is 0. The van der Waals surface area contributed by atoms with Crippen LogP contribution in [0.5, 0.6) is 0 Å². The highest BCUT2D eigenvalue weighted by molar-refractivity contribution is 5.76. The number of benzene rings is 1. The van der Waals surface area contributed by atoms with Crippen LogP contribution >= 0.6 is 0 Å². The first-order valence-corrected chi connectivity index (χ1v) is 6.01. The minimum atomic E-state index is 1.19. The fourth-order valence-electron chi connectivity index (χ4n) is 1.56. The molecule has 0 spiro atoms. The zero-order chi connectivity index (χ0) is 13.0. The van der Waals surface area contributed by atoms with Gasteiger partial charge in [0.05, 0.1) is 0 Å². The van der Waals surface area contributed by atoms with Gasteiger partial charge in [-0.1, -0.05) is 48.1 Å². The van der Waals surface area contributed by atoms with Gasteiger partial charge in [-0.25, -0.2) is 0 Å². The molecule has 0 saturated heterocycles. The third-order valence-corrected chi connectivity index (χ3v) is 3.22. The predicted octanol–water partition coefficient (Wildman–Crippen LogP) is 5.23. The lowest BCUT2D eigenvalue weighted by atomic mass is 9.98. The third-order valence-electron chi connectivity index (χ3n) is 3.22. The van der Waals surface area contributed by atoms with Crippen LogP contribution in [0, 0.1) is 13.8 Å². The van der Waals surface area contributed by atoms with E-state index in [1.807, 2.05) is 6.08 Å². The molecule has 0 fully saturated rings. The second-order valence-electron chi connectivity index (χ2n) is 4.79. The van der Waals surface area contributed by atoms with E-state index >= 15 is 0 Å². The van der Waals surface area contributed by atoms with Gasteiger partial charge < -0.3 is 0 Å². The second-order valence-corrected chi connectivity index (χ2v) is 4.79. The first kappa shape index (κ1) is 13.5. The quantitative estimate of drug-likeness (QED) is 0.619. The summed E-state index contributed by atoms with van der Waals surface area (Å²) < 4.78 is 0. The zero-order valence-corrected chi connectivity index (χ0v) is 11.6. The average Bonchev–Trinajstić information content (AvgIpc) is 2.29. The van der Waals surface area contributed by atoms with Crippen LogP contribution < -0.4 is 0 Å². The van der Waals surface area contributed by atoms with Gasteiger partial charge in [0.25, 0.3) is 0 Å². The summed E-state index contributed by atoms with van der Waals surface area (Å²) in [4.78, 5) is 0. The van der Waals surface area contributed by atoms with Crippen molar-refractivity contribution in [1.82, 2.24) is 0 Å². The molecule has 0 atom stereocenters. The second kappa shape index (κ2) is 5.67. The summed E-state index contributed by atoms with van der Waals surface area (Å²) in [5.41, 5.74) is 7.73. The molecule has 90 valence electrons. The van der Waals surface area contributed by atoms with Crippen molar-refractivity contribution in [2.24, 2.45) is 0 Å². The summed E-state index contributed by atoms with van der Waals surface area (Å²) in [7, 11) is 0. The summed E-state index contributed by atoms with van der Waals surface area (Å²) in [5.74, 6) is 0. The monoisotopic (exact) mass is 226 g/mol. The molecule has 0 saturated carbocycles. The van der Waals surface area contributed by atoms with Crippen molar-refractivity contribution in [2.45, 2.75) is 34.6 Å². The molecule has 0 nitrogen and oxygen atoms in total. The Morgan fingerprint density at radius 2 is 1.71 bits per heavy atom. The molecular formula is C17H22. The van der Waals surface area contributed by atoms with Crippen LogP contribution in [0.15, 0.2) is 48.1 Å². The van der Waals surface area contributed by atoms with E-state index in [0.717, 1.165) is 0 Å². The smallest absolute Gasteiger partial charge is 0.0181 e. The Morgan fingerprint density at radius 3 is 2.18 bits per heavy atom. The van der Waals surface area contributed by atoms with Crippen molar-refractivity contribution in [2.75, 3.05) is 0 Å². The standard InChI is InChI=1S/C17H22/c1-7-16(10-14(5)12(2)3)17-9-8-13(4)15(6)11-17/h7-11H,1H2,2-6H3/b16-10+. The highest BCUT2D eigenvalue weighted by atomic mass is 14.1. The van der Waals surface area contributed by atoms with Gasteiger partial charge in [0.1, 0.15) is 0 Å². The van der Waals surface area contributed by atoms with E-state index < -0.39 is 0 Å². The van der Waals surface area contributed by atoms with E-state index in [9.17, 15) is 0 Å². The molecule has 17 heavy (non-hydrogen) atoms. The van der Waals surface area contributed by atoms with Crippen LogP contribution in [-0.4, -0.2) is 0 Å². The molecule has 0 amide bonds. The van der Waals surface area contributed by atoms with Gasteiger partial charge in [-0.2, -0.15) is 0 Å². The molecule has 1 aromatic carbocycles. The molecule has 0 aromatic heterocycles. The van der Waals surface area contributed by atoms with E-state index in [1.54, 1.807) is 0 Å². The highest BCUT2D eigenvalue weighted by Gasteiger charge is 2.00. The molecule has 1 aromatic rings. The summed E-state index contributed by atoms with van der Waals surface area (Å²) in [6, 6.07) is 6.55. The normalized spacial score (nSPS) is 11.2. The van der Waals surface area contributed by atoms with Crippen LogP contribution in [0.1, 0.15) is 37.5 Å². The molecule has 0 N–H and O–H groups in total. The van der Waals surface area contributed by atoms with Gasteiger partial charge in [-0.15, -0.1) is 0 Å². The van der Waals surface area contributed by atoms with E-state index in [1.165, 1.54) is 33.4 Å². The maximum absolute atomic E-state index is 3.91. The first-order chi connectivity index (χ1) is 7.95. The molecule has 1 rings (SSSR count). The predicted molar refractivity (Wildman–Crippen MR) is 78.1 cm³/mol. The molecular weight excluding hydrogens is 204 g/mol. The molecule has 0 aliphatic rings. The zero-order valence-electron chi connectivity index (χ0n) is 11.6. The molecule has 0 heteroatoms. The molecule has 0 aliphatic carbocycles. The van der Waals surface area contributed by atoms with Crippen LogP contribution in [0.2, 0.25) is 0 Å². The van der Waals surface area contributed by atoms with Gasteiger partial charge in [0.15, 0.2) is 0 Å². The summed E-state index contributed by atoms with van der Waals surface area (Å²) in [5, 5.41) is 0. The Bertz CT molecular complexity index is 481. The van der Waals surface area contributed by atoms with Gasteiger partial charge in [-0.3, -0.25) is 0 Å². The maximum atomic E-state index is 3.91. The number of aryl methyl sites for hydroxylation is 2. The van der Waals surface area contributed by atoms with Crippen LogP contribution in [-0.2, 0) is 0 Å². The van der Waals surface area contributed by atoms with Crippen molar-refractivity contribution in [3.05, 3.63) is 64.8 Å². The van der Waals surface area contributed by atoms with Gasteiger partial charge >= 0.3 is 0 Å². The average molecular weight is 226 g/mol. The van der Waals surface area contributed by atoms with E-state index in [-0.39, 0.29) is 0 Å². The van der Waals surface area contributed by atoms with Gasteiger partial charge in [0.2, 0.25) is 0 Å². The van der Waals surface area contributed by atoms with Gasteiger partial charge in [0, 0.05) is 0 Å². The SMILES string of the molecule is C=C/C(=C\C(C)=C(C)C)c1ccc(C)c(C)c1. The van der Waals surface area contributed by atoms with Crippen LogP contribution in [0.4, 0.5) is 0 Å². The van der Waals surface area contributed by atoms with Crippen molar-refractivity contribution in [3.8, 4) is 0 Å². The fourth-order valence-corrected chi connectivity index (χ4v) is 1.56. The largest absolute Gasteiger partial charge is 0.0984 e. The fraction of sp³-hybridized carbons (Fsp3) is 0.294. The highest BCUT2D eigenvalue weighted by Crippen LogP contribution is 2.21. The van der Waals surface area contributed by atoms with Crippen molar-refractivity contribution >= 4 is 5.57 Å². The van der Waals surface area contributed by atoms with Crippen molar-refractivity contribution in [3.63, 3.8) is 0 Å². The minimum Gasteiger partial charge on any atom is -0.0984 e. The Kier molecular flexibility index (Phi) is 4.51. The molecule has 0 radical (unpaired) electrons. The molecule has 0 unspecified atom stereocenters. The summed E-state index contributed by atoms with van der Waals surface area (Å²) in [6.45, 7) is 14.6. The van der Waals surface area contributed by atoms with E-state index in [4.69, 9.17) is 0 Å². The Morgan fingerprint density at radius 1 is 1.06 bits per heavy atom. The number of allylic oxidation sites excluding steroid dienone is 5. The van der Waals surface area contributed by atoms with E-state index in [0.29, 0.717) is 0 Å². The van der Waals surface area contributed by atoms with Crippen LogP contribution in [0.3, 0.4) is 0 Å². The van der Waals surface area contributed by atoms with Crippen molar-refractivity contribution < 1.29 is 0 Å². The van der Waals surface area contributed by atoms with Crippen molar-refractivity contribution in [1.29, 1.82) is 0 Å². The van der Waals surface area contributed by atoms with Crippen LogP contribution in [0.25, 0.3) is 5.57 Å². The topological polar surface area (TPSA) is 0 Å². The minimum absolute atomic E-state index is 1.19. The molecule has 0 aliphatic heterocycles. The first-order valence-electron chi connectivity index (χ1n) is 6.01. The Hall–Kier alpha value is -1.56. The number of rotatable bonds is 3. The Balaban J connectivity index is 3.24. The molecule has 0 heterocycles. The lowest BCUT2D eigenvalue weighted by Gasteiger charge is -2.07. The maximum Gasteiger partial charge on any atom is -0.0181 e. The summed E-state index contributed by atoms with van der Waals surface area (Å²) >= 11 is 0. The Labute approximate surface area is 105 Å². The lowest BCUT2D eigenvalue weighted by Crippen LogP contribution is -1.87. The third kappa shape index (κ3) is 3.45. The lowest BCUT2D eigenvalue weighted by molar-refractivity contribution is 1.29. The van der Waals surface area contributed by atoms with E-state index in [2.05, 4.69) is 65.5 Å². The summed E-state index contributed by atoms with van der Waals surface area (Å²) in [6.07, 6.45) is 4.13. The molecule has 0 bridgehead atoms.